The Morgan fingerprint density at radius 2 is 1.80 bits per heavy atom. The molecule has 158 valence electrons. The lowest BCUT2D eigenvalue weighted by Crippen LogP contribution is -2.45. The Morgan fingerprint density at radius 3 is 2.50 bits per heavy atom. The molecule has 1 atom stereocenters. The van der Waals surface area contributed by atoms with Crippen LogP contribution in [0.2, 0.25) is 10.0 Å². The summed E-state index contributed by atoms with van der Waals surface area (Å²) in [6.07, 6.45) is 0.190. The molecule has 1 heterocycles. The van der Waals surface area contributed by atoms with Crippen molar-refractivity contribution in [2.75, 3.05) is 35.7 Å². The minimum atomic E-state index is -0.346. The van der Waals surface area contributed by atoms with Gasteiger partial charge in [-0.1, -0.05) is 41.4 Å². The maximum Gasteiger partial charge on any atom is 0.241 e. The van der Waals surface area contributed by atoms with Crippen LogP contribution in [-0.4, -0.2) is 48.8 Å². The molecule has 0 aromatic heterocycles. The Bertz CT molecular complexity index is 962. The number of halogens is 2. The van der Waals surface area contributed by atoms with Crippen molar-refractivity contribution in [3.05, 3.63) is 52.5 Å². The second-order valence-corrected chi connectivity index (χ2v) is 8.01. The van der Waals surface area contributed by atoms with Crippen LogP contribution in [0, 0.1) is 0 Å². The fourth-order valence-electron chi connectivity index (χ4n) is 3.37. The van der Waals surface area contributed by atoms with Crippen molar-refractivity contribution < 1.29 is 14.4 Å². The highest BCUT2D eigenvalue weighted by Gasteiger charge is 2.30. The molecule has 9 heteroatoms. The van der Waals surface area contributed by atoms with E-state index in [9.17, 15) is 14.4 Å². The summed E-state index contributed by atoms with van der Waals surface area (Å²) in [5.74, 6) is -0.700. The van der Waals surface area contributed by atoms with Crippen molar-refractivity contribution in [2.45, 2.75) is 19.4 Å². The quantitative estimate of drug-likeness (QED) is 0.731. The van der Waals surface area contributed by atoms with E-state index in [1.807, 2.05) is 13.0 Å². The van der Waals surface area contributed by atoms with Crippen LogP contribution in [0.1, 0.15) is 13.3 Å². The van der Waals surface area contributed by atoms with E-state index < -0.39 is 0 Å². The van der Waals surface area contributed by atoms with Crippen LogP contribution in [0.5, 0.6) is 0 Å². The lowest BCUT2D eigenvalue weighted by Gasteiger charge is -2.29. The van der Waals surface area contributed by atoms with E-state index in [-0.39, 0.29) is 43.3 Å². The fourth-order valence-corrected chi connectivity index (χ4v) is 3.86. The smallest absolute Gasteiger partial charge is 0.241 e. The number of hydrogen-bond donors (Lipinski definition) is 2. The number of carbonyl (C=O) groups is 3. The van der Waals surface area contributed by atoms with Gasteiger partial charge in [0.05, 0.1) is 40.2 Å². The largest absolute Gasteiger partial charge is 0.324 e. The summed E-state index contributed by atoms with van der Waals surface area (Å²) < 4.78 is 0. The summed E-state index contributed by atoms with van der Waals surface area (Å²) >= 11 is 12.2. The number of hydrogen-bond acceptors (Lipinski definition) is 4. The number of anilines is 3. The highest BCUT2D eigenvalue weighted by Crippen LogP contribution is 2.31. The molecule has 1 aliphatic heterocycles. The van der Waals surface area contributed by atoms with Crippen LogP contribution >= 0.6 is 23.2 Å². The molecular formula is C21H22Cl2N4O3. The van der Waals surface area contributed by atoms with Gasteiger partial charge in [0.15, 0.2) is 0 Å². The Kier molecular flexibility index (Phi) is 6.97. The molecule has 0 fully saturated rings. The fraction of sp³-hybridized carbons (Fsp3) is 0.286. The van der Waals surface area contributed by atoms with Gasteiger partial charge < -0.3 is 15.5 Å². The number of carbonyl (C=O) groups excluding carboxylic acids is 3. The molecule has 3 rings (SSSR count). The average Bonchev–Trinajstić information content (AvgIpc) is 2.78. The number of benzene rings is 2. The van der Waals surface area contributed by atoms with Gasteiger partial charge in [0.1, 0.15) is 0 Å². The molecule has 30 heavy (non-hydrogen) atoms. The number of fused-ring (bicyclic) bond motifs is 1. The minimum absolute atomic E-state index is 0.00343. The molecule has 0 bridgehead atoms. The van der Waals surface area contributed by atoms with Crippen LogP contribution in [0.25, 0.3) is 0 Å². The maximum absolute atomic E-state index is 13.1. The number of nitrogens with one attached hydrogen (secondary N) is 2. The van der Waals surface area contributed by atoms with Crippen molar-refractivity contribution in [3.63, 3.8) is 0 Å². The van der Waals surface area contributed by atoms with Crippen LogP contribution < -0.4 is 15.5 Å². The molecule has 0 aliphatic carbocycles. The third kappa shape index (κ3) is 5.11. The third-order valence-electron chi connectivity index (χ3n) is 4.67. The van der Waals surface area contributed by atoms with E-state index in [1.165, 1.54) is 0 Å². The average molecular weight is 449 g/mol. The topological polar surface area (TPSA) is 81.8 Å². The van der Waals surface area contributed by atoms with E-state index in [2.05, 4.69) is 10.6 Å². The molecule has 0 radical (unpaired) electrons. The summed E-state index contributed by atoms with van der Waals surface area (Å²) in [5, 5.41) is 6.17. The molecule has 2 N–H and O–H groups in total. The Labute approximate surface area is 184 Å². The second kappa shape index (κ2) is 9.47. The van der Waals surface area contributed by atoms with Gasteiger partial charge in [-0.3, -0.25) is 19.3 Å². The van der Waals surface area contributed by atoms with Crippen molar-refractivity contribution in [1.29, 1.82) is 0 Å². The molecule has 2 aromatic rings. The molecular weight excluding hydrogens is 427 g/mol. The summed E-state index contributed by atoms with van der Waals surface area (Å²) in [5.41, 5.74) is 1.57. The normalized spacial score (nSPS) is 16.0. The van der Waals surface area contributed by atoms with Crippen LogP contribution in [-0.2, 0) is 14.4 Å². The molecule has 0 saturated heterocycles. The summed E-state index contributed by atoms with van der Waals surface area (Å²) in [4.78, 5) is 40.7. The summed E-state index contributed by atoms with van der Waals surface area (Å²) in [7, 11) is 1.67. The number of rotatable bonds is 5. The molecule has 0 saturated carbocycles. The maximum atomic E-state index is 13.1. The Morgan fingerprint density at radius 1 is 1.13 bits per heavy atom. The number of para-hydroxylation sites is 3. The zero-order valence-corrected chi connectivity index (χ0v) is 18.1. The van der Waals surface area contributed by atoms with Gasteiger partial charge in [0.25, 0.3) is 0 Å². The highest BCUT2D eigenvalue weighted by atomic mass is 35.5. The molecule has 1 aliphatic rings. The SMILES string of the molecule is CC1CC(=O)Nc2ccccc2N1C(=O)CN(C)CC(=O)Nc1c(Cl)cccc1Cl. The van der Waals surface area contributed by atoms with Crippen LogP contribution in [0.3, 0.4) is 0 Å². The van der Waals surface area contributed by atoms with E-state index in [4.69, 9.17) is 23.2 Å². The first-order chi connectivity index (χ1) is 14.3. The molecule has 1 unspecified atom stereocenters. The molecule has 2 aromatic carbocycles. The monoisotopic (exact) mass is 448 g/mol. The van der Waals surface area contributed by atoms with Crippen LogP contribution in [0.4, 0.5) is 17.1 Å². The van der Waals surface area contributed by atoms with E-state index in [1.54, 1.807) is 53.2 Å². The van der Waals surface area contributed by atoms with Gasteiger partial charge in [0.2, 0.25) is 17.7 Å². The first-order valence-corrected chi connectivity index (χ1v) is 10.1. The lowest BCUT2D eigenvalue weighted by atomic mass is 10.1. The van der Waals surface area contributed by atoms with Gasteiger partial charge in [-0.25, -0.2) is 0 Å². The standard InChI is InChI=1S/C21H22Cl2N4O3/c1-13-10-18(28)24-16-8-3-4-9-17(16)27(13)20(30)12-26(2)11-19(29)25-21-14(22)6-5-7-15(21)23/h3-9,13H,10-12H2,1-2H3,(H,24,28)(H,25,29). The first kappa shape index (κ1) is 22.1. The second-order valence-electron chi connectivity index (χ2n) is 7.20. The first-order valence-electron chi connectivity index (χ1n) is 9.39. The van der Waals surface area contributed by atoms with Crippen molar-refractivity contribution >= 4 is 58.0 Å². The number of likely N-dealkylation sites (N-methyl/N-ethyl adjacent to an activating group) is 1. The van der Waals surface area contributed by atoms with Gasteiger partial charge in [-0.15, -0.1) is 0 Å². The van der Waals surface area contributed by atoms with E-state index >= 15 is 0 Å². The molecule has 0 spiro atoms. The van der Waals surface area contributed by atoms with Gasteiger partial charge in [-0.05, 0) is 38.2 Å². The summed E-state index contributed by atoms with van der Waals surface area (Å²) in [6, 6.07) is 11.8. The van der Waals surface area contributed by atoms with Crippen molar-refractivity contribution in [1.82, 2.24) is 4.90 Å². The lowest BCUT2D eigenvalue weighted by molar-refractivity contribution is -0.121. The number of amides is 3. The Hall–Kier alpha value is -2.61. The van der Waals surface area contributed by atoms with E-state index in [0.717, 1.165) is 0 Å². The van der Waals surface area contributed by atoms with Gasteiger partial charge in [0, 0.05) is 12.5 Å². The Balaban J connectivity index is 1.68. The highest BCUT2D eigenvalue weighted by molar-refractivity contribution is 6.39. The van der Waals surface area contributed by atoms with Gasteiger partial charge in [-0.2, -0.15) is 0 Å². The third-order valence-corrected chi connectivity index (χ3v) is 5.30. The van der Waals surface area contributed by atoms with Crippen molar-refractivity contribution in [3.8, 4) is 0 Å². The molecule has 7 nitrogen and oxygen atoms in total. The van der Waals surface area contributed by atoms with E-state index in [0.29, 0.717) is 27.1 Å². The van der Waals surface area contributed by atoms with Crippen LogP contribution in [0.15, 0.2) is 42.5 Å². The predicted octanol–water partition coefficient (Wildman–Crippen LogP) is 3.63. The molecule has 3 amide bonds. The van der Waals surface area contributed by atoms with Crippen molar-refractivity contribution in [2.24, 2.45) is 0 Å². The van der Waals surface area contributed by atoms with Gasteiger partial charge >= 0.3 is 0 Å². The zero-order valence-electron chi connectivity index (χ0n) is 16.6. The predicted molar refractivity (Wildman–Crippen MR) is 119 cm³/mol. The minimum Gasteiger partial charge on any atom is -0.324 e. The summed E-state index contributed by atoms with van der Waals surface area (Å²) in [6.45, 7) is 1.79. The zero-order chi connectivity index (χ0) is 21.8. The number of nitrogens with zero attached hydrogens (tertiary/aromatic N) is 2.